The topological polar surface area (TPSA) is 44.2 Å². The van der Waals surface area contributed by atoms with E-state index in [9.17, 15) is 4.79 Å². The van der Waals surface area contributed by atoms with Gasteiger partial charge in [0.05, 0.1) is 6.04 Å². The van der Waals surface area contributed by atoms with Gasteiger partial charge in [-0.3, -0.25) is 4.79 Å². The number of carbonyl (C=O) groups excluding carboxylic acids is 1. The third kappa shape index (κ3) is 7.48. The minimum atomic E-state index is -0.0104. The van der Waals surface area contributed by atoms with Crippen LogP contribution >= 0.6 is 0 Å². The summed E-state index contributed by atoms with van der Waals surface area (Å²) in [6.45, 7) is 3.05. The number of rotatable bonds is 13. The lowest BCUT2D eigenvalue weighted by Crippen LogP contribution is -2.36. The van der Waals surface area contributed by atoms with Gasteiger partial charge in [-0.05, 0) is 43.4 Å². The normalized spacial score (nSPS) is 16.6. The molecule has 2 rings (SSSR count). The molecule has 1 amide bonds. The van der Waals surface area contributed by atoms with Crippen LogP contribution in [0.5, 0.6) is 0 Å². The predicted molar refractivity (Wildman–Crippen MR) is 115 cm³/mol. The summed E-state index contributed by atoms with van der Waals surface area (Å²) in [5.41, 5.74) is 2.09. The van der Waals surface area contributed by atoms with Gasteiger partial charge in [0.1, 0.15) is 0 Å². The maximum absolute atomic E-state index is 12.6. The van der Waals surface area contributed by atoms with Crippen LogP contribution in [0.4, 0.5) is 0 Å². The largest absolute Gasteiger partial charge is 0.331 e. The van der Waals surface area contributed by atoms with Crippen LogP contribution in [-0.2, 0) is 6.42 Å². The van der Waals surface area contributed by atoms with Crippen LogP contribution in [-0.4, -0.2) is 29.6 Å². The minimum absolute atomic E-state index is 0.0104. The molecule has 0 aromatic heterocycles. The highest BCUT2D eigenvalue weighted by Gasteiger charge is 2.27. The second-order valence-corrected chi connectivity index (χ2v) is 8.00. The number of nitrogens with zero attached hydrogens (tertiary/aromatic N) is 1. The smallest absolute Gasteiger partial charge is 0.254 e. The molecule has 0 saturated carbocycles. The summed E-state index contributed by atoms with van der Waals surface area (Å²) >= 11 is 0. The first-order chi connectivity index (χ1) is 13.3. The van der Waals surface area contributed by atoms with E-state index in [0.29, 0.717) is 0 Å². The number of hydrogen-bond acceptors (Lipinski definition) is 2. The fourth-order valence-electron chi connectivity index (χ4n) is 4.01. The summed E-state index contributed by atoms with van der Waals surface area (Å²) < 4.78 is 0. The molecule has 1 aliphatic heterocycles. The maximum Gasteiger partial charge on any atom is 0.254 e. The van der Waals surface area contributed by atoms with Crippen molar-refractivity contribution in [3.63, 3.8) is 0 Å². The van der Waals surface area contributed by atoms with Gasteiger partial charge in [0.25, 0.3) is 5.91 Å². The number of benzene rings is 1. The molecule has 1 atom stereocenters. The Labute approximate surface area is 166 Å². The molecule has 150 valence electrons. The van der Waals surface area contributed by atoms with E-state index in [1.54, 1.807) is 0 Å². The van der Waals surface area contributed by atoms with Crippen LogP contribution in [0.1, 0.15) is 99.9 Å². The first-order valence-corrected chi connectivity index (χ1v) is 11.2. The van der Waals surface area contributed by atoms with E-state index >= 15 is 0 Å². The molecule has 0 aliphatic carbocycles. The molecule has 3 nitrogen and oxygen atoms in total. The highest BCUT2D eigenvalue weighted by molar-refractivity contribution is 5.96. The van der Waals surface area contributed by atoms with Crippen molar-refractivity contribution in [3.8, 4) is 0 Å². The second-order valence-electron chi connectivity index (χ2n) is 8.00. The first kappa shape index (κ1) is 21.7. The van der Waals surface area contributed by atoms with Gasteiger partial charge in [-0.25, -0.2) is 0 Å². The Morgan fingerprint density at radius 2 is 1.59 bits per heavy atom. The van der Waals surface area contributed by atoms with E-state index in [4.69, 9.17) is 5.41 Å². The van der Waals surface area contributed by atoms with Crippen LogP contribution in [0, 0.1) is 5.41 Å². The fraction of sp³-hybridized carbons (Fsp3) is 0.667. The molecule has 0 radical (unpaired) electrons. The molecule has 1 fully saturated rings. The van der Waals surface area contributed by atoms with Crippen LogP contribution in [0.25, 0.3) is 0 Å². The number of unbranched alkanes of at least 4 members (excludes halogenated alkanes) is 9. The molecule has 0 bridgehead atoms. The van der Waals surface area contributed by atoms with Gasteiger partial charge >= 0.3 is 0 Å². The zero-order chi connectivity index (χ0) is 19.3. The zero-order valence-corrected chi connectivity index (χ0v) is 17.2. The Kier molecular flexibility index (Phi) is 10.2. The van der Waals surface area contributed by atoms with Crippen molar-refractivity contribution in [1.82, 2.24) is 4.90 Å². The van der Waals surface area contributed by atoms with E-state index in [1.807, 2.05) is 17.0 Å². The summed E-state index contributed by atoms with van der Waals surface area (Å²) in [6, 6.07) is 8.14. The third-order valence-electron chi connectivity index (χ3n) is 5.77. The van der Waals surface area contributed by atoms with Gasteiger partial charge < -0.3 is 10.3 Å². The second kappa shape index (κ2) is 12.7. The molecular formula is C24H38N2O. The minimum Gasteiger partial charge on any atom is -0.331 e. The number of amides is 1. The van der Waals surface area contributed by atoms with Crippen molar-refractivity contribution in [1.29, 1.82) is 5.41 Å². The maximum atomic E-state index is 12.6. The molecular weight excluding hydrogens is 332 g/mol. The van der Waals surface area contributed by atoms with Crippen molar-refractivity contribution in [2.75, 3.05) is 6.54 Å². The standard InChI is InChI=1S/C24H38N2O/c1-2-3-4-5-6-7-8-9-10-11-13-21-15-17-22(18-16-21)24(27)26-19-12-14-23(26)20-25/h15-18,20,23,25H,2-14,19H2,1H3/t23-/m0/s1. The number of likely N-dealkylation sites (tertiary alicyclic amines) is 1. The van der Waals surface area contributed by atoms with Crippen molar-refractivity contribution < 1.29 is 4.79 Å². The molecule has 1 saturated heterocycles. The van der Waals surface area contributed by atoms with Crippen molar-refractivity contribution in [2.24, 2.45) is 0 Å². The van der Waals surface area contributed by atoms with Crippen molar-refractivity contribution >= 4 is 12.1 Å². The van der Waals surface area contributed by atoms with E-state index in [1.165, 1.54) is 76.0 Å². The highest BCUT2D eigenvalue weighted by Crippen LogP contribution is 2.19. The van der Waals surface area contributed by atoms with Gasteiger partial charge in [0, 0.05) is 18.3 Å². The molecule has 27 heavy (non-hydrogen) atoms. The monoisotopic (exact) mass is 370 g/mol. The molecule has 1 aliphatic rings. The Morgan fingerprint density at radius 1 is 1.00 bits per heavy atom. The Morgan fingerprint density at radius 3 is 2.19 bits per heavy atom. The highest BCUT2D eigenvalue weighted by atomic mass is 16.2. The average molecular weight is 371 g/mol. The summed E-state index contributed by atoms with van der Waals surface area (Å²) in [5.74, 6) is 0.0755. The van der Waals surface area contributed by atoms with Gasteiger partial charge in [0.2, 0.25) is 0 Å². The Bertz CT molecular complexity index is 552. The van der Waals surface area contributed by atoms with Crippen molar-refractivity contribution in [3.05, 3.63) is 35.4 Å². The number of carbonyl (C=O) groups is 1. The van der Waals surface area contributed by atoms with E-state index in [2.05, 4.69) is 19.1 Å². The Balaban J connectivity index is 1.60. The molecule has 3 heteroatoms. The van der Waals surface area contributed by atoms with E-state index < -0.39 is 0 Å². The third-order valence-corrected chi connectivity index (χ3v) is 5.77. The predicted octanol–water partition coefficient (Wildman–Crippen LogP) is 6.40. The van der Waals surface area contributed by atoms with E-state index in [0.717, 1.165) is 31.4 Å². The number of aryl methyl sites for hydroxylation is 1. The zero-order valence-electron chi connectivity index (χ0n) is 17.2. The van der Waals surface area contributed by atoms with Crippen LogP contribution < -0.4 is 0 Å². The fourth-order valence-corrected chi connectivity index (χ4v) is 4.01. The summed E-state index contributed by atoms with van der Waals surface area (Å²) in [4.78, 5) is 14.4. The Hall–Kier alpha value is -1.64. The lowest BCUT2D eigenvalue weighted by molar-refractivity contribution is 0.0771. The molecule has 1 heterocycles. The van der Waals surface area contributed by atoms with Gasteiger partial charge in [-0.2, -0.15) is 0 Å². The summed E-state index contributed by atoms with van der Waals surface area (Å²) in [6.07, 6.45) is 18.1. The number of nitrogens with one attached hydrogen (secondary N) is 1. The first-order valence-electron chi connectivity index (χ1n) is 11.2. The lowest BCUT2D eigenvalue weighted by atomic mass is 10.0. The van der Waals surface area contributed by atoms with Crippen LogP contribution in [0.3, 0.4) is 0 Å². The molecule has 1 N–H and O–H groups in total. The molecule has 0 spiro atoms. The SMILES string of the molecule is CCCCCCCCCCCCc1ccc(C(=O)N2CCC[C@H]2C=N)cc1. The summed E-state index contributed by atoms with van der Waals surface area (Å²) in [7, 11) is 0. The van der Waals surface area contributed by atoms with Gasteiger partial charge in [-0.1, -0.05) is 76.8 Å². The summed E-state index contributed by atoms with van der Waals surface area (Å²) in [5, 5.41) is 7.48. The van der Waals surface area contributed by atoms with E-state index in [-0.39, 0.29) is 11.9 Å². The lowest BCUT2D eigenvalue weighted by Gasteiger charge is -2.21. The molecule has 1 aromatic carbocycles. The van der Waals surface area contributed by atoms with Crippen LogP contribution in [0.2, 0.25) is 0 Å². The number of hydrogen-bond donors (Lipinski definition) is 1. The quantitative estimate of drug-likeness (QED) is 0.317. The van der Waals surface area contributed by atoms with Crippen molar-refractivity contribution in [2.45, 2.75) is 96.4 Å². The molecule has 1 aromatic rings. The van der Waals surface area contributed by atoms with Gasteiger partial charge in [0.15, 0.2) is 0 Å². The molecule has 0 unspecified atom stereocenters. The van der Waals surface area contributed by atoms with Gasteiger partial charge in [-0.15, -0.1) is 0 Å². The average Bonchev–Trinajstić information content (AvgIpc) is 3.18. The van der Waals surface area contributed by atoms with Crippen LogP contribution in [0.15, 0.2) is 24.3 Å².